The van der Waals surface area contributed by atoms with Crippen LogP contribution >= 0.6 is 27.3 Å². The Balaban J connectivity index is 2.79. The van der Waals surface area contributed by atoms with E-state index in [0.717, 1.165) is 15.6 Å². The van der Waals surface area contributed by atoms with E-state index in [1.807, 2.05) is 17.5 Å². The average molecular weight is 270 g/mol. The lowest BCUT2D eigenvalue weighted by atomic mass is 10.1. The molecule has 4 heteroatoms. The molecule has 0 spiro atoms. The van der Waals surface area contributed by atoms with Crippen molar-refractivity contribution < 1.29 is 4.39 Å². The van der Waals surface area contributed by atoms with Gasteiger partial charge in [0.1, 0.15) is 5.82 Å². The van der Waals surface area contributed by atoms with Crippen LogP contribution in [0, 0.1) is 17.1 Å². The second-order valence-electron chi connectivity index (χ2n) is 2.83. The van der Waals surface area contributed by atoms with Gasteiger partial charge in [-0.15, -0.1) is 11.3 Å². The zero-order chi connectivity index (χ0) is 10.1. The van der Waals surface area contributed by atoms with E-state index in [1.54, 1.807) is 0 Å². The van der Waals surface area contributed by atoms with E-state index in [2.05, 4.69) is 15.9 Å². The lowest BCUT2D eigenvalue weighted by molar-refractivity contribution is 0.622. The van der Waals surface area contributed by atoms with Crippen LogP contribution < -0.4 is 0 Å². The third-order valence-corrected chi connectivity index (χ3v) is 3.77. The molecule has 0 fully saturated rings. The Morgan fingerprint density at radius 2 is 2.36 bits per heavy atom. The predicted octanol–water partition coefficient (Wildman–Crippen LogP) is 3.87. The molecule has 14 heavy (non-hydrogen) atoms. The molecule has 0 atom stereocenters. The molecule has 0 unspecified atom stereocenters. The number of thiophene rings is 1. The molecule has 0 aliphatic heterocycles. The Hall–Kier alpha value is -0.920. The minimum absolute atomic E-state index is 0.251. The van der Waals surface area contributed by atoms with Gasteiger partial charge in [-0.2, -0.15) is 5.26 Å². The van der Waals surface area contributed by atoms with Crippen molar-refractivity contribution in [3.05, 3.63) is 33.4 Å². The summed E-state index contributed by atoms with van der Waals surface area (Å²) < 4.78 is 14.8. The standard InChI is InChI=1S/C10H5BrFNS/c11-9-7-2-4-14-10(7)6(1-3-13)5-8(9)12/h2,4-5H,1H2. The fourth-order valence-electron chi connectivity index (χ4n) is 1.36. The molecule has 1 aromatic carbocycles. The number of nitrogens with zero attached hydrogens (tertiary/aromatic N) is 1. The van der Waals surface area contributed by atoms with E-state index < -0.39 is 0 Å². The van der Waals surface area contributed by atoms with E-state index in [1.165, 1.54) is 17.4 Å². The van der Waals surface area contributed by atoms with Crippen molar-refractivity contribution in [1.82, 2.24) is 0 Å². The first-order valence-electron chi connectivity index (χ1n) is 3.95. The summed E-state index contributed by atoms with van der Waals surface area (Å²) in [4.78, 5) is 0. The van der Waals surface area contributed by atoms with Crippen LogP contribution in [0.5, 0.6) is 0 Å². The second kappa shape index (κ2) is 3.68. The molecule has 0 saturated heterocycles. The van der Waals surface area contributed by atoms with Crippen molar-refractivity contribution >= 4 is 37.4 Å². The molecule has 1 heterocycles. The van der Waals surface area contributed by atoms with E-state index >= 15 is 0 Å². The molecular weight excluding hydrogens is 265 g/mol. The summed E-state index contributed by atoms with van der Waals surface area (Å²) in [5.41, 5.74) is 0.762. The predicted molar refractivity (Wildman–Crippen MR) is 58.8 cm³/mol. The lowest BCUT2D eigenvalue weighted by Crippen LogP contribution is -1.86. The van der Waals surface area contributed by atoms with Crippen molar-refractivity contribution in [2.45, 2.75) is 6.42 Å². The van der Waals surface area contributed by atoms with E-state index in [4.69, 9.17) is 5.26 Å². The fourth-order valence-corrected chi connectivity index (χ4v) is 2.85. The first kappa shape index (κ1) is 9.63. The van der Waals surface area contributed by atoms with Crippen LogP contribution in [0.2, 0.25) is 0 Å². The van der Waals surface area contributed by atoms with Crippen molar-refractivity contribution in [2.75, 3.05) is 0 Å². The molecule has 0 bridgehead atoms. The highest BCUT2D eigenvalue weighted by Crippen LogP contribution is 2.33. The smallest absolute Gasteiger partial charge is 0.138 e. The number of hydrogen-bond acceptors (Lipinski definition) is 2. The summed E-state index contributed by atoms with van der Waals surface area (Å²) in [6, 6.07) is 5.32. The molecule has 2 aromatic rings. The molecule has 0 N–H and O–H groups in total. The quantitative estimate of drug-likeness (QED) is 0.771. The van der Waals surface area contributed by atoms with Gasteiger partial charge in [0.25, 0.3) is 0 Å². The molecule has 2 rings (SSSR count). The number of nitriles is 1. The van der Waals surface area contributed by atoms with Crippen LogP contribution in [0.25, 0.3) is 10.1 Å². The zero-order valence-electron chi connectivity index (χ0n) is 7.05. The summed E-state index contributed by atoms with van der Waals surface area (Å²) in [6.07, 6.45) is 0.251. The summed E-state index contributed by atoms with van der Waals surface area (Å²) >= 11 is 4.72. The minimum atomic E-state index is -0.304. The van der Waals surface area contributed by atoms with Crippen LogP contribution in [0.15, 0.2) is 22.0 Å². The number of hydrogen-bond donors (Lipinski definition) is 0. The summed E-state index contributed by atoms with van der Waals surface area (Å²) in [7, 11) is 0. The van der Waals surface area contributed by atoms with Crippen LogP contribution in [0.1, 0.15) is 5.56 Å². The average Bonchev–Trinajstić information content (AvgIpc) is 2.63. The van der Waals surface area contributed by atoms with Gasteiger partial charge in [0.05, 0.1) is 17.0 Å². The van der Waals surface area contributed by atoms with E-state index in [9.17, 15) is 4.39 Å². The Bertz CT molecular complexity index is 527. The van der Waals surface area contributed by atoms with Gasteiger partial charge >= 0.3 is 0 Å². The van der Waals surface area contributed by atoms with Crippen molar-refractivity contribution in [3.8, 4) is 6.07 Å². The van der Waals surface area contributed by atoms with Gasteiger partial charge in [0.15, 0.2) is 0 Å². The van der Waals surface area contributed by atoms with Crippen molar-refractivity contribution in [3.63, 3.8) is 0 Å². The molecule has 1 nitrogen and oxygen atoms in total. The maximum atomic E-state index is 13.4. The maximum absolute atomic E-state index is 13.4. The van der Waals surface area contributed by atoms with E-state index in [0.29, 0.717) is 4.47 Å². The first-order chi connectivity index (χ1) is 6.74. The maximum Gasteiger partial charge on any atom is 0.138 e. The van der Waals surface area contributed by atoms with Gasteiger partial charge in [0.2, 0.25) is 0 Å². The van der Waals surface area contributed by atoms with E-state index in [-0.39, 0.29) is 12.2 Å². The molecule has 0 radical (unpaired) electrons. The Morgan fingerprint density at radius 1 is 1.57 bits per heavy atom. The molecule has 0 aliphatic carbocycles. The molecular formula is C10H5BrFNS. The SMILES string of the molecule is N#CCc1cc(F)c(Br)c2ccsc12. The van der Waals surface area contributed by atoms with Crippen LogP contribution in [-0.2, 0) is 6.42 Å². The van der Waals surface area contributed by atoms with Crippen LogP contribution in [0.3, 0.4) is 0 Å². The highest BCUT2D eigenvalue weighted by atomic mass is 79.9. The molecule has 1 aromatic heterocycles. The first-order valence-corrected chi connectivity index (χ1v) is 5.62. The lowest BCUT2D eigenvalue weighted by Gasteiger charge is -2.01. The Labute approximate surface area is 92.9 Å². The van der Waals surface area contributed by atoms with Gasteiger partial charge in [-0.05, 0) is 39.0 Å². The van der Waals surface area contributed by atoms with Crippen LogP contribution in [0.4, 0.5) is 4.39 Å². The van der Waals surface area contributed by atoms with Gasteiger partial charge in [0, 0.05) is 10.1 Å². The molecule has 0 aliphatic rings. The largest absolute Gasteiger partial charge is 0.206 e. The minimum Gasteiger partial charge on any atom is -0.206 e. The monoisotopic (exact) mass is 269 g/mol. The third kappa shape index (κ3) is 1.43. The molecule has 70 valence electrons. The topological polar surface area (TPSA) is 23.8 Å². The Morgan fingerprint density at radius 3 is 3.07 bits per heavy atom. The summed E-state index contributed by atoms with van der Waals surface area (Å²) in [6.45, 7) is 0. The van der Waals surface area contributed by atoms with Crippen LogP contribution in [-0.4, -0.2) is 0 Å². The fraction of sp³-hybridized carbons (Fsp3) is 0.100. The normalized spacial score (nSPS) is 10.4. The number of benzene rings is 1. The highest BCUT2D eigenvalue weighted by Gasteiger charge is 2.10. The van der Waals surface area contributed by atoms with Gasteiger partial charge in [-0.25, -0.2) is 4.39 Å². The number of rotatable bonds is 1. The van der Waals surface area contributed by atoms with Crippen molar-refractivity contribution in [1.29, 1.82) is 5.26 Å². The van der Waals surface area contributed by atoms with Gasteiger partial charge < -0.3 is 0 Å². The highest BCUT2D eigenvalue weighted by molar-refractivity contribution is 9.10. The number of halogens is 2. The van der Waals surface area contributed by atoms with Crippen molar-refractivity contribution in [2.24, 2.45) is 0 Å². The van der Waals surface area contributed by atoms with Gasteiger partial charge in [-0.1, -0.05) is 0 Å². The van der Waals surface area contributed by atoms with Gasteiger partial charge in [-0.3, -0.25) is 0 Å². The summed E-state index contributed by atoms with van der Waals surface area (Å²) in [5.74, 6) is -0.304. The molecule has 0 amide bonds. The second-order valence-corrected chi connectivity index (χ2v) is 4.54. The molecule has 0 saturated carbocycles. The number of fused-ring (bicyclic) bond motifs is 1. The third-order valence-electron chi connectivity index (χ3n) is 1.97. The Kier molecular flexibility index (Phi) is 2.53. The zero-order valence-corrected chi connectivity index (χ0v) is 9.45. The summed E-state index contributed by atoms with van der Waals surface area (Å²) in [5, 5.41) is 11.3.